The molecule has 2 aliphatic rings. The molecule has 2 aromatic rings. The van der Waals surface area contributed by atoms with E-state index in [1.54, 1.807) is 43.5 Å². The van der Waals surface area contributed by atoms with Gasteiger partial charge in [0.2, 0.25) is 5.91 Å². The molecule has 2 aliphatic heterocycles. The van der Waals surface area contributed by atoms with Crippen LogP contribution in [0.1, 0.15) is 19.4 Å². The van der Waals surface area contributed by atoms with E-state index in [-0.39, 0.29) is 17.7 Å². The number of carbonyl (C=O) groups is 3. The highest BCUT2D eigenvalue weighted by atomic mass is 16.5. The van der Waals surface area contributed by atoms with E-state index in [4.69, 9.17) is 4.74 Å². The Morgan fingerprint density at radius 2 is 1.58 bits per heavy atom. The summed E-state index contributed by atoms with van der Waals surface area (Å²) < 4.78 is 5.25. The third kappa shape index (κ3) is 4.47. The summed E-state index contributed by atoms with van der Waals surface area (Å²) in [6, 6.07) is 13.9. The average Bonchev–Trinajstić information content (AvgIpc) is 3.09. The van der Waals surface area contributed by atoms with E-state index in [1.165, 1.54) is 11.8 Å². The lowest BCUT2D eigenvalue weighted by atomic mass is 10.0. The first kappa shape index (κ1) is 22.5. The van der Waals surface area contributed by atoms with Gasteiger partial charge in [0.25, 0.3) is 11.8 Å². The smallest absolute Gasteiger partial charge is 0.282 e. The molecule has 0 spiro atoms. The molecule has 3 amide bonds. The van der Waals surface area contributed by atoms with Crippen LogP contribution < -0.4 is 15.0 Å². The summed E-state index contributed by atoms with van der Waals surface area (Å²) in [4.78, 5) is 44.1. The van der Waals surface area contributed by atoms with Crippen LogP contribution in [-0.4, -0.2) is 67.4 Å². The Bertz CT molecular complexity index is 1080. The predicted molar refractivity (Wildman–Crippen MR) is 127 cm³/mol. The van der Waals surface area contributed by atoms with Crippen LogP contribution in [0.3, 0.4) is 0 Å². The number of hydrogen-bond acceptors (Lipinski definition) is 6. The maximum Gasteiger partial charge on any atom is 0.282 e. The molecule has 2 aromatic carbocycles. The fraction of sp³-hybridized carbons (Fsp3) is 0.320. The number of piperazine rings is 1. The monoisotopic (exact) mass is 448 g/mol. The number of rotatable bonds is 6. The molecule has 0 unspecified atom stereocenters. The van der Waals surface area contributed by atoms with Crippen molar-refractivity contribution in [1.82, 2.24) is 9.80 Å². The number of imide groups is 1. The Morgan fingerprint density at radius 3 is 2.12 bits per heavy atom. The van der Waals surface area contributed by atoms with Gasteiger partial charge in [-0.05, 0) is 48.5 Å². The number of amides is 3. The number of methoxy groups -OCH3 is 1. The molecule has 0 atom stereocenters. The zero-order valence-corrected chi connectivity index (χ0v) is 19.1. The number of nitrogens with zero attached hydrogens (tertiary/aromatic N) is 3. The summed E-state index contributed by atoms with van der Waals surface area (Å²) in [7, 11) is 1.59. The highest BCUT2D eigenvalue weighted by molar-refractivity contribution is 6.45. The molecule has 8 nitrogen and oxygen atoms in total. The van der Waals surface area contributed by atoms with Crippen LogP contribution >= 0.6 is 0 Å². The number of anilines is 2. The maximum atomic E-state index is 13.6. The average molecular weight is 449 g/mol. The third-order valence-electron chi connectivity index (χ3n) is 6.02. The molecule has 1 fully saturated rings. The number of benzene rings is 2. The molecule has 1 saturated heterocycles. The van der Waals surface area contributed by atoms with Gasteiger partial charge in [0.1, 0.15) is 11.4 Å². The van der Waals surface area contributed by atoms with E-state index < -0.39 is 0 Å². The van der Waals surface area contributed by atoms with Gasteiger partial charge in [-0.15, -0.1) is 0 Å². The van der Waals surface area contributed by atoms with Gasteiger partial charge in [0.15, 0.2) is 0 Å². The van der Waals surface area contributed by atoms with Crippen molar-refractivity contribution in [2.75, 3.05) is 50.1 Å². The highest BCUT2D eigenvalue weighted by Gasteiger charge is 2.43. The summed E-state index contributed by atoms with van der Waals surface area (Å²) in [5.74, 6) is -0.193. The number of carbonyl (C=O) groups excluding carboxylic acids is 3. The number of likely N-dealkylation sites (N-methyl/N-ethyl adjacent to an activating group) is 1. The van der Waals surface area contributed by atoms with Crippen LogP contribution in [0.4, 0.5) is 11.4 Å². The quantitative estimate of drug-likeness (QED) is 0.684. The Kier molecular flexibility index (Phi) is 6.46. The van der Waals surface area contributed by atoms with E-state index in [0.29, 0.717) is 47.0 Å². The van der Waals surface area contributed by atoms with Crippen LogP contribution in [0, 0.1) is 0 Å². The van der Waals surface area contributed by atoms with E-state index in [1.807, 2.05) is 17.0 Å². The summed E-state index contributed by atoms with van der Waals surface area (Å²) >= 11 is 0. The van der Waals surface area contributed by atoms with Crippen molar-refractivity contribution in [2.45, 2.75) is 13.8 Å². The third-order valence-corrected chi connectivity index (χ3v) is 6.02. The van der Waals surface area contributed by atoms with Gasteiger partial charge in [-0.3, -0.25) is 14.4 Å². The van der Waals surface area contributed by atoms with Gasteiger partial charge in [-0.2, -0.15) is 0 Å². The largest absolute Gasteiger partial charge is 0.497 e. The van der Waals surface area contributed by atoms with E-state index >= 15 is 0 Å². The van der Waals surface area contributed by atoms with Crippen LogP contribution in [0.25, 0.3) is 5.57 Å². The van der Waals surface area contributed by atoms with Crippen molar-refractivity contribution in [3.63, 3.8) is 0 Å². The minimum Gasteiger partial charge on any atom is -0.497 e. The van der Waals surface area contributed by atoms with Crippen LogP contribution in [0.5, 0.6) is 5.75 Å². The van der Waals surface area contributed by atoms with Gasteiger partial charge >= 0.3 is 0 Å². The standard InChI is InChI=1S/C25H28N4O4/c1-4-27-13-15-28(16-14-27)23-22(18-5-11-21(33-3)12-6-18)24(31)29(25(23)32)20-9-7-19(8-10-20)26-17(2)30/h5-12H,4,13-16H2,1-3H3,(H,26,30). The van der Waals surface area contributed by atoms with Gasteiger partial charge in [0.05, 0.1) is 18.4 Å². The summed E-state index contributed by atoms with van der Waals surface area (Å²) in [5, 5.41) is 2.70. The zero-order chi connectivity index (χ0) is 23.5. The van der Waals surface area contributed by atoms with Crippen molar-refractivity contribution in [3.8, 4) is 5.75 Å². The Morgan fingerprint density at radius 1 is 0.939 bits per heavy atom. The summed E-state index contributed by atoms with van der Waals surface area (Å²) in [6.45, 7) is 7.53. The lowest BCUT2D eigenvalue weighted by Gasteiger charge is -2.36. The van der Waals surface area contributed by atoms with E-state index in [2.05, 4.69) is 17.1 Å². The summed E-state index contributed by atoms with van der Waals surface area (Å²) in [5.41, 5.74) is 2.58. The molecule has 8 heteroatoms. The maximum absolute atomic E-state index is 13.6. The molecule has 0 aliphatic carbocycles. The van der Waals surface area contributed by atoms with Crippen LogP contribution in [0.15, 0.2) is 54.2 Å². The molecule has 0 bridgehead atoms. The van der Waals surface area contributed by atoms with Crippen molar-refractivity contribution in [3.05, 3.63) is 59.8 Å². The second kappa shape index (κ2) is 9.46. The molecule has 2 heterocycles. The van der Waals surface area contributed by atoms with Gasteiger partial charge < -0.3 is 19.9 Å². The number of ether oxygens (including phenoxy) is 1. The highest BCUT2D eigenvalue weighted by Crippen LogP contribution is 2.36. The second-order valence-electron chi connectivity index (χ2n) is 8.05. The van der Waals surface area contributed by atoms with Crippen molar-refractivity contribution in [2.24, 2.45) is 0 Å². The van der Waals surface area contributed by atoms with Gasteiger partial charge in [-0.1, -0.05) is 19.1 Å². The Hall–Kier alpha value is -3.65. The van der Waals surface area contributed by atoms with Crippen LogP contribution in [0.2, 0.25) is 0 Å². The van der Waals surface area contributed by atoms with Gasteiger partial charge in [-0.25, -0.2) is 4.90 Å². The topological polar surface area (TPSA) is 82.2 Å². The minimum atomic E-state index is -0.356. The molecular formula is C25H28N4O4. The normalized spacial score (nSPS) is 17.1. The van der Waals surface area contributed by atoms with E-state index in [9.17, 15) is 14.4 Å². The van der Waals surface area contributed by atoms with Crippen molar-refractivity contribution < 1.29 is 19.1 Å². The van der Waals surface area contributed by atoms with Gasteiger partial charge in [0, 0.05) is 38.8 Å². The van der Waals surface area contributed by atoms with E-state index in [0.717, 1.165) is 19.6 Å². The molecule has 172 valence electrons. The predicted octanol–water partition coefficient (Wildman–Crippen LogP) is 2.58. The molecule has 0 radical (unpaired) electrons. The molecule has 0 saturated carbocycles. The van der Waals surface area contributed by atoms with Crippen molar-refractivity contribution >= 4 is 34.7 Å². The minimum absolute atomic E-state index is 0.187. The fourth-order valence-electron chi connectivity index (χ4n) is 4.25. The van der Waals surface area contributed by atoms with Crippen molar-refractivity contribution in [1.29, 1.82) is 0 Å². The van der Waals surface area contributed by atoms with Crippen LogP contribution in [-0.2, 0) is 14.4 Å². The molecule has 1 N–H and O–H groups in total. The number of nitrogens with one attached hydrogen (secondary N) is 1. The second-order valence-corrected chi connectivity index (χ2v) is 8.05. The molecule has 33 heavy (non-hydrogen) atoms. The number of hydrogen-bond donors (Lipinski definition) is 1. The molecular weight excluding hydrogens is 420 g/mol. The first-order valence-corrected chi connectivity index (χ1v) is 11.1. The Labute approximate surface area is 193 Å². The first-order valence-electron chi connectivity index (χ1n) is 11.1. The lowest BCUT2D eigenvalue weighted by Crippen LogP contribution is -2.47. The molecule has 4 rings (SSSR count). The Balaban J connectivity index is 1.71. The summed E-state index contributed by atoms with van der Waals surface area (Å²) in [6.07, 6.45) is 0. The fourth-order valence-corrected chi connectivity index (χ4v) is 4.25. The lowest BCUT2D eigenvalue weighted by molar-refractivity contribution is -0.121. The SMILES string of the molecule is CCN1CCN(C2=C(c3ccc(OC)cc3)C(=O)N(c3ccc(NC(C)=O)cc3)C2=O)CC1. The first-order chi connectivity index (χ1) is 15.9. The molecule has 0 aromatic heterocycles. The zero-order valence-electron chi connectivity index (χ0n) is 19.1.